The molecule has 134 valence electrons. The minimum Gasteiger partial charge on any atom is -0.495 e. The Bertz CT molecular complexity index is 867. The zero-order valence-corrected chi connectivity index (χ0v) is 15.5. The third-order valence-corrected chi connectivity index (χ3v) is 5.92. The van der Waals surface area contributed by atoms with Gasteiger partial charge in [-0.05, 0) is 60.7 Å². The summed E-state index contributed by atoms with van der Waals surface area (Å²) in [5.41, 5.74) is 2.70. The fourth-order valence-corrected chi connectivity index (χ4v) is 4.24. The average Bonchev–Trinajstić information content (AvgIpc) is 3.06. The summed E-state index contributed by atoms with van der Waals surface area (Å²) in [5, 5.41) is 0.250. The first-order chi connectivity index (χ1) is 12.0. The molecule has 7 heteroatoms. The Balaban J connectivity index is 1.55. The molecule has 1 aliphatic carbocycles. The normalized spacial score (nSPS) is 13.5. The summed E-state index contributed by atoms with van der Waals surface area (Å²) >= 11 is 5.98. The van der Waals surface area contributed by atoms with Gasteiger partial charge in [0.05, 0.1) is 17.0 Å². The van der Waals surface area contributed by atoms with Crippen LogP contribution in [-0.4, -0.2) is 28.7 Å². The number of nitrogens with one attached hydrogen (secondary N) is 1. The minimum atomic E-state index is -3.64. The summed E-state index contributed by atoms with van der Waals surface area (Å²) in [5.74, 6) is 1.20. The smallest absolute Gasteiger partial charge is 0.240 e. The highest BCUT2D eigenvalue weighted by molar-refractivity contribution is 7.89. The van der Waals surface area contributed by atoms with Crippen LogP contribution >= 0.6 is 11.6 Å². The molecule has 0 saturated carbocycles. The largest absolute Gasteiger partial charge is 0.495 e. The van der Waals surface area contributed by atoms with Gasteiger partial charge in [0.25, 0.3) is 0 Å². The Hall–Kier alpha value is -1.76. The average molecular weight is 382 g/mol. The molecule has 0 heterocycles. The lowest BCUT2D eigenvalue weighted by atomic mass is 10.1. The molecule has 1 aliphatic rings. The van der Waals surface area contributed by atoms with Crippen LogP contribution in [0.2, 0.25) is 5.02 Å². The molecule has 0 unspecified atom stereocenters. The van der Waals surface area contributed by atoms with Crippen molar-refractivity contribution in [2.45, 2.75) is 24.2 Å². The zero-order valence-electron chi connectivity index (χ0n) is 13.9. The molecule has 0 aliphatic heterocycles. The Morgan fingerprint density at radius 3 is 2.68 bits per heavy atom. The molecule has 2 aromatic carbocycles. The van der Waals surface area contributed by atoms with Gasteiger partial charge in [0.1, 0.15) is 18.1 Å². The van der Waals surface area contributed by atoms with E-state index in [0.717, 1.165) is 18.6 Å². The van der Waals surface area contributed by atoms with E-state index in [2.05, 4.69) is 10.8 Å². The van der Waals surface area contributed by atoms with E-state index in [4.69, 9.17) is 21.1 Å². The van der Waals surface area contributed by atoms with Gasteiger partial charge in [-0.1, -0.05) is 17.7 Å². The van der Waals surface area contributed by atoms with Crippen LogP contribution in [-0.2, 0) is 22.9 Å². The van der Waals surface area contributed by atoms with Crippen molar-refractivity contribution in [3.05, 3.63) is 52.5 Å². The minimum absolute atomic E-state index is 0.0934. The molecule has 25 heavy (non-hydrogen) atoms. The Kier molecular flexibility index (Phi) is 5.51. The summed E-state index contributed by atoms with van der Waals surface area (Å²) in [4.78, 5) is 0.0934. The van der Waals surface area contributed by atoms with Crippen LogP contribution < -0.4 is 14.2 Å². The summed E-state index contributed by atoms with van der Waals surface area (Å²) in [6.07, 6.45) is 3.39. The fourth-order valence-electron chi connectivity index (χ4n) is 2.88. The first-order valence-corrected chi connectivity index (χ1v) is 9.93. The first kappa shape index (κ1) is 18.0. The number of hydrogen-bond donors (Lipinski definition) is 1. The van der Waals surface area contributed by atoms with Gasteiger partial charge >= 0.3 is 0 Å². The zero-order chi connectivity index (χ0) is 17.9. The van der Waals surface area contributed by atoms with Crippen molar-refractivity contribution in [2.24, 2.45) is 0 Å². The SMILES string of the molecule is COc1ccc(S(=O)(=O)NCCOc2ccc3c(c2)CCC3)cc1Cl. The van der Waals surface area contributed by atoms with Crippen molar-refractivity contribution in [1.82, 2.24) is 4.72 Å². The number of aryl methyl sites for hydroxylation is 2. The second-order valence-electron chi connectivity index (χ2n) is 5.83. The van der Waals surface area contributed by atoms with Gasteiger partial charge in [-0.15, -0.1) is 0 Å². The van der Waals surface area contributed by atoms with E-state index >= 15 is 0 Å². The molecule has 0 amide bonds. The highest BCUT2D eigenvalue weighted by Crippen LogP contribution is 2.27. The quantitative estimate of drug-likeness (QED) is 0.748. The van der Waals surface area contributed by atoms with E-state index < -0.39 is 10.0 Å². The van der Waals surface area contributed by atoms with Gasteiger partial charge in [0.2, 0.25) is 10.0 Å². The maximum atomic E-state index is 12.3. The number of benzene rings is 2. The number of ether oxygens (including phenoxy) is 2. The third kappa shape index (κ3) is 4.26. The number of hydrogen-bond acceptors (Lipinski definition) is 4. The molecule has 1 N–H and O–H groups in total. The number of rotatable bonds is 7. The second-order valence-corrected chi connectivity index (χ2v) is 8.00. The van der Waals surface area contributed by atoms with Crippen molar-refractivity contribution in [3.63, 3.8) is 0 Å². The molecule has 0 fully saturated rings. The highest BCUT2D eigenvalue weighted by atomic mass is 35.5. The van der Waals surface area contributed by atoms with E-state index in [0.29, 0.717) is 5.75 Å². The summed E-state index contributed by atoms with van der Waals surface area (Å²) in [6, 6.07) is 10.4. The molecule has 0 radical (unpaired) electrons. The van der Waals surface area contributed by atoms with Crippen LogP contribution in [0.3, 0.4) is 0 Å². The van der Waals surface area contributed by atoms with Crippen LogP contribution in [0.4, 0.5) is 0 Å². The molecule has 3 rings (SSSR count). The maximum absolute atomic E-state index is 12.3. The number of methoxy groups -OCH3 is 1. The Labute approximate surface area is 153 Å². The predicted octanol–water partition coefficient (Wildman–Crippen LogP) is 3.19. The van der Waals surface area contributed by atoms with Crippen LogP contribution in [0, 0.1) is 0 Å². The Morgan fingerprint density at radius 2 is 1.92 bits per heavy atom. The van der Waals surface area contributed by atoms with Gasteiger partial charge in [0.15, 0.2) is 0 Å². The molecule has 0 saturated heterocycles. The number of fused-ring (bicyclic) bond motifs is 1. The Morgan fingerprint density at radius 1 is 1.12 bits per heavy atom. The maximum Gasteiger partial charge on any atom is 0.240 e. The first-order valence-electron chi connectivity index (χ1n) is 8.07. The topological polar surface area (TPSA) is 64.6 Å². The van der Waals surface area contributed by atoms with Gasteiger partial charge in [-0.25, -0.2) is 13.1 Å². The van der Waals surface area contributed by atoms with Crippen LogP contribution in [0.5, 0.6) is 11.5 Å². The third-order valence-electron chi connectivity index (χ3n) is 4.17. The van der Waals surface area contributed by atoms with Crippen molar-refractivity contribution < 1.29 is 17.9 Å². The van der Waals surface area contributed by atoms with Gasteiger partial charge in [0, 0.05) is 6.54 Å². The van der Waals surface area contributed by atoms with Gasteiger partial charge < -0.3 is 9.47 Å². The predicted molar refractivity (Wildman–Crippen MR) is 97.2 cm³/mol. The van der Waals surface area contributed by atoms with Crippen molar-refractivity contribution in [1.29, 1.82) is 0 Å². The van der Waals surface area contributed by atoms with Crippen molar-refractivity contribution >= 4 is 21.6 Å². The standard InChI is InChI=1S/C18H20ClNO4S/c1-23-18-8-7-16(12-17(18)19)25(21,22)20-9-10-24-15-6-5-13-3-2-4-14(13)11-15/h5-8,11-12,20H,2-4,9-10H2,1H3. The monoisotopic (exact) mass is 381 g/mol. The van der Waals surface area contributed by atoms with E-state index in [1.165, 1.54) is 42.9 Å². The van der Waals surface area contributed by atoms with E-state index in [1.54, 1.807) is 0 Å². The summed E-state index contributed by atoms with van der Waals surface area (Å²) in [6.45, 7) is 0.422. The molecular formula is C18H20ClNO4S. The molecule has 0 spiro atoms. The van der Waals surface area contributed by atoms with E-state index in [9.17, 15) is 8.42 Å². The van der Waals surface area contributed by atoms with Crippen molar-refractivity contribution in [3.8, 4) is 11.5 Å². The molecule has 2 aromatic rings. The highest BCUT2D eigenvalue weighted by Gasteiger charge is 2.16. The van der Waals surface area contributed by atoms with Gasteiger partial charge in [-0.2, -0.15) is 0 Å². The summed E-state index contributed by atoms with van der Waals surface area (Å²) in [7, 11) is -2.17. The lowest BCUT2D eigenvalue weighted by Gasteiger charge is -2.11. The van der Waals surface area contributed by atoms with Crippen LogP contribution in [0.25, 0.3) is 0 Å². The van der Waals surface area contributed by atoms with Crippen molar-refractivity contribution in [2.75, 3.05) is 20.3 Å². The molecule has 0 aromatic heterocycles. The van der Waals surface area contributed by atoms with Gasteiger partial charge in [-0.3, -0.25) is 0 Å². The van der Waals surface area contributed by atoms with E-state index in [-0.39, 0.29) is 23.1 Å². The van der Waals surface area contributed by atoms with E-state index in [1.807, 2.05) is 12.1 Å². The summed E-state index contributed by atoms with van der Waals surface area (Å²) < 4.78 is 37.7. The number of halogens is 1. The molecule has 0 atom stereocenters. The molecule has 0 bridgehead atoms. The van der Waals surface area contributed by atoms with Crippen LogP contribution in [0.15, 0.2) is 41.3 Å². The lowest BCUT2D eigenvalue weighted by Crippen LogP contribution is -2.28. The lowest BCUT2D eigenvalue weighted by molar-refractivity contribution is 0.322. The fraction of sp³-hybridized carbons (Fsp3) is 0.333. The molecular weight excluding hydrogens is 362 g/mol. The number of sulfonamides is 1. The molecule has 5 nitrogen and oxygen atoms in total. The van der Waals surface area contributed by atoms with Crippen LogP contribution in [0.1, 0.15) is 17.5 Å². The second kappa shape index (κ2) is 7.64.